The van der Waals surface area contributed by atoms with Crippen LogP contribution in [0.3, 0.4) is 0 Å². The normalized spacial score (nSPS) is 10.5. The molecule has 0 amide bonds. The Kier molecular flexibility index (Phi) is 3.14. The van der Waals surface area contributed by atoms with E-state index >= 15 is 0 Å². The molecule has 3 N–H and O–H groups in total. The number of hydrogen-bond donors (Lipinski definition) is 2. The van der Waals surface area contributed by atoms with Gasteiger partial charge >= 0.3 is 0 Å². The topological polar surface area (TPSA) is 68.8 Å². The van der Waals surface area contributed by atoms with Gasteiger partial charge in [-0.2, -0.15) is 5.10 Å². The van der Waals surface area contributed by atoms with Crippen LogP contribution in [0.5, 0.6) is 0 Å². The molecule has 2 rings (SSSR count). The van der Waals surface area contributed by atoms with Crippen LogP contribution in [0, 0.1) is 5.82 Å². The fraction of sp³-hybridized carbons (Fsp3) is 0.200. The minimum atomic E-state index is -0.460. The minimum absolute atomic E-state index is 0.244. The van der Waals surface area contributed by atoms with Crippen molar-refractivity contribution in [2.45, 2.75) is 6.92 Å². The summed E-state index contributed by atoms with van der Waals surface area (Å²) < 4.78 is 14.4. The highest BCUT2D eigenvalue weighted by atomic mass is 35.5. The first-order valence-electron chi connectivity index (χ1n) is 5.02. The molecule has 2 aromatic heterocycles. The van der Waals surface area contributed by atoms with Crippen molar-refractivity contribution in [2.24, 2.45) is 0 Å². The Morgan fingerprint density at radius 1 is 1.53 bits per heavy atom. The van der Waals surface area contributed by atoms with Crippen molar-refractivity contribution in [3.8, 4) is 5.69 Å². The number of rotatable bonds is 3. The molecule has 0 saturated heterocycles. The van der Waals surface area contributed by atoms with E-state index in [1.165, 1.54) is 16.9 Å². The van der Waals surface area contributed by atoms with E-state index in [0.717, 1.165) is 6.20 Å². The summed E-state index contributed by atoms with van der Waals surface area (Å²) in [6.45, 7) is 2.58. The number of nitrogens with two attached hydrogens (primary N) is 1. The van der Waals surface area contributed by atoms with E-state index in [1.807, 2.05) is 6.92 Å². The summed E-state index contributed by atoms with van der Waals surface area (Å²) in [7, 11) is 0. The molecule has 0 radical (unpaired) electrons. The lowest BCUT2D eigenvalue weighted by atomic mass is 10.4. The van der Waals surface area contributed by atoms with Crippen molar-refractivity contribution >= 4 is 23.1 Å². The molecular weight excluding hydrogens is 245 g/mol. The van der Waals surface area contributed by atoms with Crippen molar-refractivity contribution < 1.29 is 4.39 Å². The third kappa shape index (κ3) is 2.16. The zero-order valence-electron chi connectivity index (χ0n) is 9.11. The van der Waals surface area contributed by atoms with Crippen LogP contribution in [-0.2, 0) is 0 Å². The Morgan fingerprint density at radius 3 is 2.94 bits per heavy atom. The maximum absolute atomic E-state index is 13.0. The van der Waals surface area contributed by atoms with Crippen LogP contribution in [0.1, 0.15) is 6.92 Å². The van der Waals surface area contributed by atoms with Crippen molar-refractivity contribution in [3.05, 3.63) is 29.4 Å². The molecule has 90 valence electrons. The van der Waals surface area contributed by atoms with E-state index in [1.54, 1.807) is 0 Å². The average molecular weight is 256 g/mol. The van der Waals surface area contributed by atoms with Gasteiger partial charge in [-0.25, -0.2) is 9.07 Å². The van der Waals surface area contributed by atoms with Gasteiger partial charge in [0.2, 0.25) is 0 Å². The molecule has 0 spiro atoms. The van der Waals surface area contributed by atoms with E-state index < -0.39 is 5.82 Å². The monoisotopic (exact) mass is 255 g/mol. The molecule has 5 nitrogen and oxygen atoms in total. The fourth-order valence-corrected chi connectivity index (χ4v) is 1.70. The number of hydrogen-bond acceptors (Lipinski definition) is 4. The third-order valence-electron chi connectivity index (χ3n) is 2.17. The molecule has 0 atom stereocenters. The zero-order valence-corrected chi connectivity index (χ0v) is 9.87. The predicted molar refractivity (Wildman–Crippen MR) is 64.9 cm³/mol. The molecule has 0 saturated carbocycles. The van der Waals surface area contributed by atoms with Crippen LogP contribution in [0.15, 0.2) is 18.5 Å². The van der Waals surface area contributed by atoms with Gasteiger partial charge in [0.15, 0.2) is 11.0 Å². The first-order chi connectivity index (χ1) is 8.13. The molecule has 0 aliphatic rings. The summed E-state index contributed by atoms with van der Waals surface area (Å²) in [5, 5.41) is 7.27. The Morgan fingerprint density at radius 2 is 2.29 bits per heavy atom. The standard InChI is InChI=1S/C10H11ClFN5/c1-2-15-8-9(11)16-17(10(8)13)7-3-6(12)4-14-5-7/h3-5,15H,2,13H2,1H3. The maximum atomic E-state index is 13.0. The summed E-state index contributed by atoms with van der Waals surface area (Å²) in [6, 6.07) is 1.28. The molecule has 0 aliphatic heterocycles. The van der Waals surface area contributed by atoms with Gasteiger partial charge in [0.25, 0.3) is 0 Å². The van der Waals surface area contributed by atoms with Gasteiger partial charge in [-0.3, -0.25) is 4.98 Å². The summed E-state index contributed by atoms with van der Waals surface area (Å²) >= 11 is 5.93. The van der Waals surface area contributed by atoms with Gasteiger partial charge in [0, 0.05) is 12.6 Å². The van der Waals surface area contributed by atoms with Crippen molar-refractivity contribution in [1.82, 2.24) is 14.8 Å². The lowest BCUT2D eigenvalue weighted by Crippen LogP contribution is -2.05. The van der Waals surface area contributed by atoms with E-state index in [4.69, 9.17) is 17.3 Å². The largest absolute Gasteiger partial charge is 0.382 e. The Balaban J connectivity index is 2.50. The molecule has 0 fully saturated rings. The zero-order chi connectivity index (χ0) is 12.4. The number of anilines is 2. The highest BCUT2D eigenvalue weighted by molar-refractivity contribution is 6.32. The Hall–Kier alpha value is -1.82. The van der Waals surface area contributed by atoms with Crippen LogP contribution < -0.4 is 11.1 Å². The molecule has 0 aliphatic carbocycles. The number of nitrogens with one attached hydrogen (secondary N) is 1. The summed E-state index contributed by atoms with van der Waals surface area (Å²) in [6.07, 6.45) is 2.56. The Labute approximate surface area is 102 Å². The van der Waals surface area contributed by atoms with Gasteiger partial charge in [-0.05, 0) is 6.92 Å². The van der Waals surface area contributed by atoms with E-state index in [-0.39, 0.29) is 5.15 Å². The molecule has 17 heavy (non-hydrogen) atoms. The molecule has 0 bridgehead atoms. The van der Waals surface area contributed by atoms with Gasteiger partial charge in [0.05, 0.1) is 18.1 Å². The second-order valence-electron chi connectivity index (χ2n) is 3.35. The van der Waals surface area contributed by atoms with E-state index in [0.29, 0.717) is 23.7 Å². The molecule has 0 aromatic carbocycles. The van der Waals surface area contributed by atoms with E-state index in [9.17, 15) is 4.39 Å². The average Bonchev–Trinajstić information content (AvgIpc) is 2.57. The van der Waals surface area contributed by atoms with E-state index in [2.05, 4.69) is 15.4 Å². The number of nitrogen functional groups attached to an aromatic ring is 1. The molecule has 7 heteroatoms. The highest BCUT2D eigenvalue weighted by Gasteiger charge is 2.14. The van der Waals surface area contributed by atoms with Crippen LogP contribution in [-0.4, -0.2) is 21.3 Å². The summed E-state index contributed by atoms with van der Waals surface area (Å²) in [5.74, 6) is -0.136. The first-order valence-corrected chi connectivity index (χ1v) is 5.40. The van der Waals surface area contributed by atoms with Crippen LogP contribution in [0.2, 0.25) is 5.15 Å². The summed E-state index contributed by atoms with van der Waals surface area (Å²) in [4.78, 5) is 3.73. The smallest absolute Gasteiger partial charge is 0.176 e. The summed E-state index contributed by atoms with van der Waals surface area (Å²) in [5.41, 5.74) is 6.84. The number of aromatic nitrogens is 3. The van der Waals surface area contributed by atoms with Crippen LogP contribution in [0.4, 0.5) is 15.9 Å². The van der Waals surface area contributed by atoms with Crippen LogP contribution in [0.25, 0.3) is 5.69 Å². The van der Waals surface area contributed by atoms with Crippen molar-refractivity contribution in [2.75, 3.05) is 17.6 Å². The highest BCUT2D eigenvalue weighted by Crippen LogP contribution is 2.29. The predicted octanol–water partition coefficient (Wildman–Crippen LogP) is 2.07. The number of halogens is 2. The maximum Gasteiger partial charge on any atom is 0.176 e. The molecular formula is C10H11ClFN5. The second-order valence-corrected chi connectivity index (χ2v) is 3.71. The quantitative estimate of drug-likeness (QED) is 0.881. The van der Waals surface area contributed by atoms with Crippen LogP contribution >= 0.6 is 11.6 Å². The minimum Gasteiger partial charge on any atom is -0.382 e. The second kappa shape index (κ2) is 4.58. The first kappa shape index (κ1) is 11.7. The molecule has 2 heterocycles. The molecule has 0 unspecified atom stereocenters. The SMILES string of the molecule is CCNc1c(Cl)nn(-c2cncc(F)c2)c1N. The lowest BCUT2D eigenvalue weighted by Gasteiger charge is -2.04. The number of nitrogens with zero attached hydrogens (tertiary/aromatic N) is 3. The van der Waals surface area contributed by atoms with Gasteiger partial charge in [0.1, 0.15) is 11.5 Å². The van der Waals surface area contributed by atoms with Gasteiger partial charge in [-0.15, -0.1) is 0 Å². The lowest BCUT2D eigenvalue weighted by molar-refractivity contribution is 0.618. The van der Waals surface area contributed by atoms with Crippen molar-refractivity contribution in [1.29, 1.82) is 0 Å². The fourth-order valence-electron chi connectivity index (χ4n) is 1.46. The van der Waals surface area contributed by atoms with Crippen molar-refractivity contribution in [3.63, 3.8) is 0 Å². The Bertz CT molecular complexity index is 539. The number of pyridine rings is 1. The van der Waals surface area contributed by atoms with Gasteiger partial charge < -0.3 is 11.1 Å². The third-order valence-corrected chi connectivity index (χ3v) is 2.43. The van der Waals surface area contributed by atoms with Gasteiger partial charge in [-0.1, -0.05) is 11.6 Å². The molecule has 2 aromatic rings.